The second kappa shape index (κ2) is 12.7. The van der Waals surface area contributed by atoms with Crippen molar-refractivity contribution in [3.63, 3.8) is 0 Å². The summed E-state index contributed by atoms with van der Waals surface area (Å²) < 4.78 is 17.4. The summed E-state index contributed by atoms with van der Waals surface area (Å²) in [5, 5.41) is 0. The molecule has 2 aromatic rings. The molecule has 1 aliphatic carbocycles. The molecule has 0 N–H and O–H groups in total. The number of rotatable bonds is 12. The van der Waals surface area contributed by atoms with Crippen molar-refractivity contribution >= 4 is 11.7 Å². The number of likely N-dealkylation sites (tertiary alicyclic amines) is 1. The van der Waals surface area contributed by atoms with Crippen molar-refractivity contribution in [2.75, 3.05) is 58.5 Å². The van der Waals surface area contributed by atoms with Gasteiger partial charge in [0.05, 0.1) is 27.4 Å². The van der Waals surface area contributed by atoms with E-state index >= 15 is 0 Å². The third-order valence-corrected chi connectivity index (χ3v) is 8.41. The number of ether oxygens (including phenoxy) is 3. The largest absolute Gasteiger partial charge is 0.496 e. The molecule has 2 heterocycles. The molecule has 0 bridgehead atoms. The number of anilines is 1. The quantitative estimate of drug-likeness (QED) is 0.356. The lowest BCUT2D eigenvalue weighted by Crippen LogP contribution is -2.49. The van der Waals surface area contributed by atoms with Crippen molar-refractivity contribution in [2.45, 2.75) is 57.9 Å². The van der Waals surface area contributed by atoms with Gasteiger partial charge in [-0.2, -0.15) is 0 Å². The number of amides is 2. The Balaban J connectivity index is 1.23. The van der Waals surface area contributed by atoms with Gasteiger partial charge in [-0.25, -0.2) is 4.79 Å². The van der Waals surface area contributed by atoms with Gasteiger partial charge in [-0.15, -0.1) is 0 Å². The SMILES string of the molecule is COc1cc(CCN2CCCC2)ccc1CN1CCCN(c2ccc(OC)c(OCCC3CCC3)c2)C1=O. The van der Waals surface area contributed by atoms with Crippen molar-refractivity contribution in [3.8, 4) is 17.2 Å². The normalized spacial score (nSPS) is 18.5. The molecule has 2 saturated heterocycles. The number of carbonyl (C=O) groups excluding carboxylic acids is 1. The lowest BCUT2D eigenvalue weighted by molar-refractivity contribution is 0.191. The second-order valence-corrected chi connectivity index (χ2v) is 10.9. The molecule has 0 unspecified atom stereocenters. The Morgan fingerprint density at radius 2 is 1.66 bits per heavy atom. The first-order valence-corrected chi connectivity index (χ1v) is 14.4. The van der Waals surface area contributed by atoms with Crippen LogP contribution in [0.2, 0.25) is 0 Å². The smallest absolute Gasteiger partial charge is 0.324 e. The fraction of sp³-hybridized carbons (Fsp3) is 0.581. The molecule has 0 spiro atoms. The summed E-state index contributed by atoms with van der Waals surface area (Å²) in [7, 11) is 3.38. The van der Waals surface area contributed by atoms with E-state index in [1.165, 1.54) is 50.8 Å². The molecule has 3 aliphatic rings. The highest BCUT2D eigenvalue weighted by Crippen LogP contribution is 2.35. The van der Waals surface area contributed by atoms with Gasteiger partial charge in [0.1, 0.15) is 5.75 Å². The van der Waals surface area contributed by atoms with Crippen LogP contribution >= 0.6 is 0 Å². The number of hydrogen-bond donors (Lipinski definition) is 0. The first-order chi connectivity index (χ1) is 18.6. The predicted molar refractivity (Wildman–Crippen MR) is 151 cm³/mol. The highest BCUT2D eigenvalue weighted by Gasteiger charge is 2.28. The van der Waals surface area contributed by atoms with E-state index in [9.17, 15) is 4.79 Å². The van der Waals surface area contributed by atoms with Gasteiger partial charge >= 0.3 is 6.03 Å². The van der Waals surface area contributed by atoms with Crippen LogP contribution in [-0.4, -0.2) is 69.4 Å². The van der Waals surface area contributed by atoms with E-state index < -0.39 is 0 Å². The summed E-state index contributed by atoms with van der Waals surface area (Å²) >= 11 is 0. The van der Waals surface area contributed by atoms with Gasteiger partial charge in [0.2, 0.25) is 0 Å². The average molecular weight is 522 g/mol. The van der Waals surface area contributed by atoms with Crippen molar-refractivity contribution < 1.29 is 19.0 Å². The zero-order chi connectivity index (χ0) is 26.3. The van der Waals surface area contributed by atoms with Gasteiger partial charge < -0.3 is 24.0 Å². The van der Waals surface area contributed by atoms with E-state index in [1.807, 2.05) is 28.0 Å². The Bertz CT molecular complexity index is 1080. The number of hydrogen-bond acceptors (Lipinski definition) is 5. The highest BCUT2D eigenvalue weighted by molar-refractivity contribution is 5.93. The van der Waals surface area contributed by atoms with Crippen LogP contribution in [0, 0.1) is 5.92 Å². The zero-order valence-electron chi connectivity index (χ0n) is 23.1. The third-order valence-electron chi connectivity index (χ3n) is 8.41. The molecule has 7 heteroatoms. The summed E-state index contributed by atoms with van der Waals surface area (Å²) in [6.45, 7) is 6.16. The molecule has 206 valence electrons. The molecule has 0 aromatic heterocycles. The predicted octanol–water partition coefficient (Wildman–Crippen LogP) is 5.74. The van der Waals surface area contributed by atoms with Crippen molar-refractivity contribution in [3.05, 3.63) is 47.5 Å². The van der Waals surface area contributed by atoms with E-state index in [0.717, 1.165) is 55.3 Å². The highest BCUT2D eigenvalue weighted by atomic mass is 16.5. The van der Waals surface area contributed by atoms with Crippen molar-refractivity contribution in [1.29, 1.82) is 0 Å². The van der Waals surface area contributed by atoms with Crippen LogP contribution in [0.1, 0.15) is 56.1 Å². The number of nitrogens with zero attached hydrogens (tertiary/aromatic N) is 3. The van der Waals surface area contributed by atoms with E-state index in [4.69, 9.17) is 14.2 Å². The third kappa shape index (κ3) is 6.37. The van der Waals surface area contributed by atoms with Gasteiger partial charge in [0.25, 0.3) is 0 Å². The number of methoxy groups -OCH3 is 2. The van der Waals surface area contributed by atoms with E-state index in [2.05, 4.69) is 23.1 Å². The van der Waals surface area contributed by atoms with E-state index in [1.54, 1.807) is 14.2 Å². The molecule has 0 atom stereocenters. The van der Waals surface area contributed by atoms with E-state index in [0.29, 0.717) is 31.2 Å². The Labute approximate surface area is 227 Å². The minimum absolute atomic E-state index is 0.0157. The molecule has 3 fully saturated rings. The molecular weight excluding hydrogens is 478 g/mol. The number of urea groups is 1. The minimum Gasteiger partial charge on any atom is -0.496 e. The standard InChI is InChI=1S/C31H43N3O4/c1-36-28-12-11-27(22-30(28)38-20-14-24-7-5-8-24)34-18-6-17-33(31(34)35)23-26-10-9-25(21-29(26)37-2)13-19-32-15-3-4-16-32/h9-12,21-22,24H,3-8,13-20,23H2,1-2H3. The molecule has 2 aromatic carbocycles. The van der Waals surface area contributed by atoms with Crippen LogP contribution < -0.4 is 19.1 Å². The number of carbonyl (C=O) groups is 1. The Morgan fingerprint density at radius 1 is 0.842 bits per heavy atom. The zero-order valence-corrected chi connectivity index (χ0v) is 23.1. The summed E-state index contributed by atoms with van der Waals surface area (Å²) in [5.41, 5.74) is 3.18. The van der Waals surface area contributed by atoms with Crippen molar-refractivity contribution in [2.24, 2.45) is 5.92 Å². The molecule has 2 amide bonds. The number of benzene rings is 2. The topological polar surface area (TPSA) is 54.5 Å². The fourth-order valence-electron chi connectivity index (χ4n) is 5.81. The first kappa shape index (κ1) is 26.7. The average Bonchev–Trinajstić information content (AvgIpc) is 3.44. The summed E-state index contributed by atoms with van der Waals surface area (Å²) in [6, 6.07) is 12.3. The minimum atomic E-state index is 0.0157. The van der Waals surface area contributed by atoms with Crippen LogP contribution in [0.4, 0.5) is 10.5 Å². The second-order valence-electron chi connectivity index (χ2n) is 10.9. The molecule has 38 heavy (non-hydrogen) atoms. The van der Waals surface area contributed by atoms with Gasteiger partial charge in [0, 0.05) is 37.0 Å². The molecule has 2 aliphatic heterocycles. The Morgan fingerprint density at radius 3 is 2.39 bits per heavy atom. The van der Waals surface area contributed by atoms with Crippen LogP contribution in [-0.2, 0) is 13.0 Å². The monoisotopic (exact) mass is 521 g/mol. The van der Waals surface area contributed by atoms with Gasteiger partial charge in [0.15, 0.2) is 11.5 Å². The van der Waals surface area contributed by atoms with Gasteiger partial charge in [-0.3, -0.25) is 4.90 Å². The molecular formula is C31H43N3O4. The molecule has 5 rings (SSSR count). The summed E-state index contributed by atoms with van der Waals surface area (Å²) in [4.78, 5) is 19.9. The summed E-state index contributed by atoms with van der Waals surface area (Å²) in [6.07, 6.45) is 9.59. The fourth-order valence-corrected chi connectivity index (χ4v) is 5.81. The molecule has 1 saturated carbocycles. The van der Waals surface area contributed by atoms with Crippen LogP contribution in [0.3, 0.4) is 0 Å². The van der Waals surface area contributed by atoms with Crippen LogP contribution in [0.25, 0.3) is 0 Å². The maximum absolute atomic E-state index is 13.6. The molecule has 7 nitrogen and oxygen atoms in total. The molecule has 0 radical (unpaired) electrons. The van der Waals surface area contributed by atoms with Crippen LogP contribution in [0.15, 0.2) is 36.4 Å². The van der Waals surface area contributed by atoms with Gasteiger partial charge in [-0.05, 0) is 74.9 Å². The summed E-state index contributed by atoms with van der Waals surface area (Å²) in [5.74, 6) is 3.07. The van der Waals surface area contributed by atoms with Gasteiger partial charge in [-0.1, -0.05) is 31.4 Å². The van der Waals surface area contributed by atoms with Crippen molar-refractivity contribution in [1.82, 2.24) is 9.80 Å². The lowest BCUT2D eigenvalue weighted by Gasteiger charge is -2.36. The lowest BCUT2D eigenvalue weighted by atomic mass is 9.83. The Kier molecular flexibility index (Phi) is 8.94. The van der Waals surface area contributed by atoms with Crippen LogP contribution in [0.5, 0.6) is 17.2 Å². The maximum Gasteiger partial charge on any atom is 0.324 e. The van der Waals surface area contributed by atoms with E-state index in [-0.39, 0.29) is 6.03 Å². The first-order valence-electron chi connectivity index (χ1n) is 14.4. The maximum atomic E-state index is 13.6. The Hall–Kier alpha value is -2.93.